The van der Waals surface area contributed by atoms with Gasteiger partial charge in [-0.15, -0.1) is 0 Å². The van der Waals surface area contributed by atoms with Crippen LogP contribution in [-0.4, -0.2) is 24.5 Å². The Morgan fingerprint density at radius 1 is 1.50 bits per heavy atom. The monoisotopic (exact) mass is 270 g/mol. The van der Waals surface area contributed by atoms with E-state index in [9.17, 15) is 9.59 Å². The van der Waals surface area contributed by atoms with Crippen LogP contribution in [0.25, 0.3) is 0 Å². The van der Waals surface area contributed by atoms with Crippen LogP contribution in [0, 0.1) is 6.92 Å². The third-order valence-electron chi connectivity index (χ3n) is 2.30. The van der Waals surface area contributed by atoms with Crippen LogP contribution in [0.5, 0.6) is 5.75 Å². The Labute approximate surface area is 110 Å². The Kier molecular flexibility index (Phi) is 4.97. The number of primary amides is 1. The smallest absolute Gasteiger partial charge is 0.258 e. The number of halogens is 1. The second-order valence-corrected chi connectivity index (χ2v) is 4.30. The van der Waals surface area contributed by atoms with Crippen molar-refractivity contribution in [1.82, 2.24) is 5.32 Å². The van der Waals surface area contributed by atoms with Crippen LogP contribution < -0.4 is 15.8 Å². The van der Waals surface area contributed by atoms with E-state index in [1.54, 1.807) is 18.2 Å². The van der Waals surface area contributed by atoms with E-state index in [0.717, 1.165) is 5.56 Å². The van der Waals surface area contributed by atoms with E-state index >= 15 is 0 Å². The summed E-state index contributed by atoms with van der Waals surface area (Å²) in [7, 11) is 0. The summed E-state index contributed by atoms with van der Waals surface area (Å²) < 4.78 is 5.26. The third kappa shape index (κ3) is 4.25. The molecule has 5 nitrogen and oxygen atoms in total. The summed E-state index contributed by atoms with van der Waals surface area (Å²) in [4.78, 5) is 22.2. The zero-order valence-corrected chi connectivity index (χ0v) is 11.0. The summed E-state index contributed by atoms with van der Waals surface area (Å²) in [5.74, 6) is -0.460. The first kappa shape index (κ1) is 14.3. The lowest BCUT2D eigenvalue weighted by Crippen LogP contribution is -2.44. The molecule has 1 unspecified atom stereocenters. The fraction of sp³-hybridized carbons (Fsp3) is 0.333. The first-order valence-corrected chi connectivity index (χ1v) is 5.75. The molecule has 0 heterocycles. The lowest BCUT2D eigenvalue weighted by Gasteiger charge is -2.11. The maximum absolute atomic E-state index is 11.4. The average molecular weight is 271 g/mol. The van der Waals surface area contributed by atoms with Gasteiger partial charge in [-0.05, 0) is 37.6 Å². The van der Waals surface area contributed by atoms with Gasteiger partial charge in [-0.1, -0.05) is 11.6 Å². The molecule has 0 aliphatic rings. The fourth-order valence-electron chi connectivity index (χ4n) is 1.21. The summed E-state index contributed by atoms with van der Waals surface area (Å²) in [5, 5.41) is 3.04. The normalized spacial score (nSPS) is 11.7. The Hall–Kier alpha value is -1.75. The van der Waals surface area contributed by atoms with Crippen molar-refractivity contribution in [2.75, 3.05) is 6.61 Å². The van der Waals surface area contributed by atoms with Crippen molar-refractivity contribution in [3.05, 3.63) is 28.8 Å². The van der Waals surface area contributed by atoms with Gasteiger partial charge in [-0.2, -0.15) is 0 Å². The van der Waals surface area contributed by atoms with Crippen molar-refractivity contribution < 1.29 is 14.3 Å². The van der Waals surface area contributed by atoms with Crippen LogP contribution in [0.3, 0.4) is 0 Å². The topological polar surface area (TPSA) is 81.4 Å². The van der Waals surface area contributed by atoms with Crippen molar-refractivity contribution in [3.63, 3.8) is 0 Å². The second kappa shape index (κ2) is 6.26. The minimum atomic E-state index is -0.715. The fourth-order valence-corrected chi connectivity index (χ4v) is 1.33. The lowest BCUT2D eigenvalue weighted by atomic mass is 10.2. The van der Waals surface area contributed by atoms with Crippen molar-refractivity contribution in [3.8, 4) is 5.75 Å². The van der Waals surface area contributed by atoms with E-state index in [1.165, 1.54) is 6.92 Å². The maximum Gasteiger partial charge on any atom is 0.258 e. The minimum absolute atomic E-state index is 0.182. The molecule has 98 valence electrons. The summed E-state index contributed by atoms with van der Waals surface area (Å²) in [5.41, 5.74) is 5.88. The van der Waals surface area contributed by atoms with E-state index < -0.39 is 17.9 Å². The molecule has 0 aliphatic heterocycles. The van der Waals surface area contributed by atoms with Crippen LogP contribution in [0.15, 0.2) is 18.2 Å². The number of nitrogens with one attached hydrogen (secondary N) is 1. The molecule has 0 saturated carbocycles. The van der Waals surface area contributed by atoms with Crippen molar-refractivity contribution in [1.29, 1.82) is 0 Å². The van der Waals surface area contributed by atoms with E-state index in [-0.39, 0.29) is 6.61 Å². The highest BCUT2D eigenvalue weighted by Crippen LogP contribution is 2.20. The van der Waals surface area contributed by atoms with Gasteiger partial charge < -0.3 is 15.8 Å². The van der Waals surface area contributed by atoms with Gasteiger partial charge in [-0.25, -0.2) is 0 Å². The molecule has 6 heteroatoms. The standard InChI is InChI=1S/C12H15ClN2O3/c1-7-5-9(3-4-10(7)13)18-6-11(16)15-8(2)12(14)17/h3-5,8H,6H2,1-2H3,(H2,14,17)(H,15,16). The number of benzene rings is 1. The number of amides is 2. The molecule has 0 saturated heterocycles. The van der Waals surface area contributed by atoms with Gasteiger partial charge in [0.1, 0.15) is 11.8 Å². The van der Waals surface area contributed by atoms with Crippen LogP contribution >= 0.6 is 11.6 Å². The van der Waals surface area contributed by atoms with Crippen LogP contribution in [0.2, 0.25) is 5.02 Å². The summed E-state index contributed by atoms with van der Waals surface area (Å²) in [6.07, 6.45) is 0. The third-order valence-corrected chi connectivity index (χ3v) is 2.73. The number of hydrogen-bond acceptors (Lipinski definition) is 3. The number of hydrogen-bond donors (Lipinski definition) is 2. The Morgan fingerprint density at radius 2 is 2.17 bits per heavy atom. The predicted octanol–water partition coefficient (Wildman–Crippen LogP) is 1.02. The molecule has 1 aromatic rings. The molecule has 1 aromatic carbocycles. The van der Waals surface area contributed by atoms with Gasteiger partial charge >= 0.3 is 0 Å². The van der Waals surface area contributed by atoms with E-state index in [0.29, 0.717) is 10.8 Å². The van der Waals surface area contributed by atoms with Gasteiger partial charge in [0.2, 0.25) is 5.91 Å². The van der Waals surface area contributed by atoms with E-state index in [2.05, 4.69) is 5.32 Å². The Bertz CT molecular complexity index is 463. The molecule has 0 bridgehead atoms. The van der Waals surface area contributed by atoms with E-state index in [4.69, 9.17) is 22.1 Å². The van der Waals surface area contributed by atoms with Crippen LogP contribution in [-0.2, 0) is 9.59 Å². The molecular weight excluding hydrogens is 256 g/mol. The molecule has 0 radical (unpaired) electrons. The molecular formula is C12H15ClN2O3. The van der Waals surface area contributed by atoms with Crippen molar-refractivity contribution >= 4 is 23.4 Å². The summed E-state index contributed by atoms with van der Waals surface area (Å²) in [6.45, 7) is 3.16. The minimum Gasteiger partial charge on any atom is -0.484 e. The summed E-state index contributed by atoms with van der Waals surface area (Å²) in [6, 6.07) is 4.37. The number of rotatable bonds is 5. The number of carbonyl (C=O) groups excluding carboxylic acids is 2. The molecule has 0 aromatic heterocycles. The predicted molar refractivity (Wildman–Crippen MR) is 68.5 cm³/mol. The van der Waals surface area contributed by atoms with Gasteiger partial charge in [0.15, 0.2) is 6.61 Å². The van der Waals surface area contributed by atoms with Crippen LogP contribution in [0.4, 0.5) is 0 Å². The molecule has 0 spiro atoms. The van der Waals surface area contributed by atoms with Crippen molar-refractivity contribution in [2.45, 2.75) is 19.9 Å². The molecule has 3 N–H and O–H groups in total. The number of ether oxygens (including phenoxy) is 1. The van der Waals surface area contributed by atoms with Gasteiger partial charge in [0.05, 0.1) is 0 Å². The number of aryl methyl sites for hydroxylation is 1. The lowest BCUT2D eigenvalue weighted by molar-refractivity contribution is -0.128. The zero-order valence-electron chi connectivity index (χ0n) is 10.2. The average Bonchev–Trinajstić information content (AvgIpc) is 2.30. The highest BCUT2D eigenvalue weighted by atomic mass is 35.5. The SMILES string of the molecule is Cc1cc(OCC(=O)NC(C)C(N)=O)ccc1Cl. The first-order chi connectivity index (χ1) is 8.40. The highest BCUT2D eigenvalue weighted by molar-refractivity contribution is 6.31. The number of nitrogens with two attached hydrogens (primary N) is 1. The van der Waals surface area contributed by atoms with Crippen LogP contribution in [0.1, 0.15) is 12.5 Å². The zero-order chi connectivity index (χ0) is 13.7. The Balaban J connectivity index is 2.47. The van der Waals surface area contributed by atoms with Gasteiger partial charge in [0.25, 0.3) is 5.91 Å². The molecule has 0 fully saturated rings. The molecule has 1 atom stereocenters. The van der Waals surface area contributed by atoms with Gasteiger partial charge in [0, 0.05) is 5.02 Å². The molecule has 2 amide bonds. The maximum atomic E-state index is 11.4. The first-order valence-electron chi connectivity index (χ1n) is 5.37. The summed E-state index contributed by atoms with van der Waals surface area (Å²) >= 11 is 5.86. The number of carbonyl (C=O) groups is 2. The second-order valence-electron chi connectivity index (χ2n) is 3.89. The highest BCUT2D eigenvalue weighted by Gasteiger charge is 2.12. The largest absolute Gasteiger partial charge is 0.484 e. The quantitative estimate of drug-likeness (QED) is 0.838. The Morgan fingerprint density at radius 3 is 2.72 bits per heavy atom. The van der Waals surface area contributed by atoms with Crippen molar-refractivity contribution in [2.24, 2.45) is 5.73 Å². The molecule has 0 aliphatic carbocycles. The molecule has 1 rings (SSSR count). The van der Waals surface area contributed by atoms with E-state index in [1.807, 2.05) is 6.92 Å². The van der Waals surface area contributed by atoms with Gasteiger partial charge in [-0.3, -0.25) is 9.59 Å². The molecule has 18 heavy (non-hydrogen) atoms.